The van der Waals surface area contributed by atoms with Gasteiger partial charge in [0.15, 0.2) is 0 Å². The molecule has 2 N–H and O–H groups in total. The van der Waals surface area contributed by atoms with Crippen LogP contribution < -0.4 is 5.32 Å². The third kappa shape index (κ3) is 2.69. The summed E-state index contributed by atoms with van der Waals surface area (Å²) < 4.78 is 1.02. The molecule has 0 aliphatic carbocycles. The zero-order chi connectivity index (χ0) is 14.8. The predicted molar refractivity (Wildman–Crippen MR) is 91.1 cm³/mol. The fourth-order valence-corrected chi connectivity index (χ4v) is 2.66. The molecule has 4 nitrogen and oxygen atoms in total. The van der Waals surface area contributed by atoms with E-state index < -0.39 is 5.97 Å². The third-order valence-electron chi connectivity index (χ3n) is 3.14. The van der Waals surface area contributed by atoms with E-state index in [2.05, 4.69) is 32.9 Å². The number of halogens is 1. The van der Waals surface area contributed by atoms with Crippen LogP contribution in [0, 0.1) is 3.57 Å². The number of hydrogen-bond acceptors (Lipinski definition) is 3. The van der Waals surface area contributed by atoms with Crippen LogP contribution in [0.3, 0.4) is 0 Å². The Labute approximate surface area is 135 Å². The number of para-hydroxylation sites is 2. The van der Waals surface area contributed by atoms with Crippen molar-refractivity contribution in [3.63, 3.8) is 0 Å². The summed E-state index contributed by atoms with van der Waals surface area (Å²) in [6.07, 6.45) is 1.39. The van der Waals surface area contributed by atoms with Crippen LogP contribution in [0.5, 0.6) is 0 Å². The first-order valence-electron chi connectivity index (χ1n) is 6.29. The molecule has 0 unspecified atom stereocenters. The molecular formula is C16H11IN2O2. The summed E-state index contributed by atoms with van der Waals surface area (Å²) in [6, 6.07) is 15.2. The number of rotatable bonds is 3. The number of nitrogens with zero attached hydrogens (tertiary/aromatic N) is 1. The van der Waals surface area contributed by atoms with Gasteiger partial charge >= 0.3 is 5.97 Å². The van der Waals surface area contributed by atoms with Crippen molar-refractivity contribution >= 4 is 50.8 Å². The summed E-state index contributed by atoms with van der Waals surface area (Å²) in [6.45, 7) is 0. The molecule has 0 radical (unpaired) electrons. The van der Waals surface area contributed by atoms with Crippen LogP contribution in [-0.2, 0) is 0 Å². The maximum atomic E-state index is 11.5. The van der Waals surface area contributed by atoms with E-state index in [0.29, 0.717) is 5.69 Å². The third-order valence-corrected chi connectivity index (χ3v) is 4.08. The molecule has 0 saturated carbocycles. The van der Waals surface area contributed by atoms with E-state index in [-0.39, 0.29) is 5.56 Å². The molecule has 21 heavy (non-hydrogen) atoms. The van der Waals surface area contributed by atoms with Gasteiger partial charge in [-0.2, -0.15) is 0 Å². The van der Waals surface area contributed by atoms with Crippen molar-refractivity contribution in [1.29, 1.82) is 0 Å². The van der Waals surface area contributed by atoms with Gasteiger partial charge < -0.3 is 10.4 Å². The number of pyridine rings is 1. The molecule has 5 heteroatoms. The molecular weight excluding hydrogens is 379 g/mol. The van der Waals surface area contributed by atoms with E-state index >= 15 is 0 Å². The van der Waals surface area contributed by atoms with Crippen molar-refractivity contribution < 1.29 is 9.90 Å². The Bertz CT molecular complexity index is 833. The van der Waals surface area contributed by atoms with Crippen LogP contribution in [0.1, 0.15) is 10.4 Å². The molecule has 0 atom stereocenters. The second-order valence-corrected chi connectivity index (χ2v) is 5.64. The number of anilines is 2. The summed E-state index contributed by atoms with van der Waals surface area (Å²) in [5.41, 5.74) is 2.36. The van der Waals surface area contributed by atoms with Gasteiger partial charge in [-0.15, -0.1) is 0 Å². The highest BCUT2D eigenvalue weighted by molar-refractivity contribution is 14.1. The van der Waals surface area contributed by atoms with Crippen LogP contribution in [0.15, 0.2) is 54.7 Å². The summed E-state index contributed by atoms with van der Waals surface area (Å²) in [5.74, 6) is -0.998. The molecule has 3 aromatic rings. The number of fused-ring (bicyclic) bond motifs is 1. The van der Waals surface area contributed by atoms with Crippen molar-refractivity contribution in [1.82, 2.24) is 4.98 Å². The minimum Gasteiger partial charge on any atom is -0.478 e. The Morgan fingerprint density at radius 1 is 1.10 bits per heavy atom. The smallest absolute Gasteiger partial charge is 0.339 e. The van der Waals surface area contributed by atoms with Gasteiger partial charge in [-0.25, -0.2) is 4.79 Å². The van der Waals surface area contributed by atoms with E-state index in [0.717, 1.165) is 20.2 Å². The van der Waals surface area contributed by atoms with Gasteiger partial charge in [0.05, 0.1) is 16.9 Å². The lowest BCUT2D eigenvalue weighted by Gasteiger charge is -2.13. The minimum atomic E-state index is -0.998. The van der Waals surface area contributed by atoms with Crippen molar-refractivity contribution in [2.45, 2.75) is 0 Å². The van der Waals surface area contributed by atoms with Gasteiger partial charge in [0.2, 0.25) is 0 Å². The summed E-state index contributed by atoms with van der Waals surface area (Å²) >= 11 is 2.21. The molecule has 0 amide bonds. The van der Waals surface area contributed by atoms with E-state index in [1.165, 1.54) is 6.20 Å². The Balaban J connectivity index is 2.21. The number of aromatic nitrogens is 1. The molecule has 0 bridgehead atoms. The molecule has 1 heterocycles. The number of benzene rings is 2. The molecule has 0 spiro atoms. The fraction of sp³-hybridized carbons (Fsp3) is 0. The first-order chi connectivity index (χ1) is 10.2. The average Bonchev–Trinajstić information content (AvgIpc) is 2.49. The monoisotopic (exact) mass is 390 g/mol. The summed E-state index contributed by atoms with van der Waals surface area (Å²) in [5, 5.41) is 13.4. The van der Waals surface area contributed by atoms with Gasteiger partial charge in [0.1, 0.15) is 5.56 Å². The SMILES string of the molecule is O=C(O)c1cnc2ccccc2c1Nc1ccccc1I. The zero-order valence-corrected chi connectivity index (χ0v) is 13.0. The van der Waals surface area contributed by atoms with Gasteiger partial charge in [-0.1, -0.05) is 30.3 Å². The number of carboxylic acids is 1. The lowest BCUT2D eigenvalue weighted by molar-refractivity contribution is 0.0697. The van der Waals surface area contributed by atoms with Crippen LogP contribution in [0.2, 0.25) is 0 Å². The second-order valence-electron chi connectivity index (χ2n) is 4.47. The maximum Gasteiger partial charge on any atom is 0.339 e. The Kier molecular flexibility index (Phi) is 3.74. The first-order valence-corrected chi connectivity index (χ1v) is 7.37. The molecule has 0 fully saturated rings. The van der Waals surface area contributed by atoms with Crippen molar-refractivity contribution in [2.75, 3.05) is 5.32 Å². The standard InChI is InChI=1S/C16H11IN2O2/c17-12-6-2-4-8-14(12)19-15-10-5-1-3-7-13(10)18-9-11(15)16(20)21/h1-9H,(H,18,19)(H,20,21). The zero-order valence-electron chi connectivity index (χ0n) is 10.9. The van der Waals surface area contributed by atoms with Crippen molar-refractivity contribution in [3.05, 3.63) is 63.9 Å². The number of aromatic carboxylic acids is 1. The molecule has 104 valence electrons. The fourth-order valence-electron chi connectivity index (χ4n) is 2.14. The summed E-state index contributed by atoms with van der Waals surface area (Å²) in [7, 11) is 0. The van der Waals surface area contributed by atoms with Gasteiger partial charge in [0, 0.05) is 15.2 Å². The number of hydrogen-bond donors (Lipinski definition) is 2. The van der Waals surface area contributed by atoms with E-state index in [1.807, 2.05) is 48.5 Å². The quantitative estimate of drug-likeness (QED) is 0.656. The van der Waals surface area contributed by atoms with Gasteiger partial charge in [-0.3, -0.25) is 4.98 Å². The molecule has 2 aromatic carbocycles. The highest BCUT2D eigenvalue weighted by Gasteiger charge is 2.15. The van der Waals surface area contributed by atoms with Crippen LogP contribution >= 0.6 is 22.6 Å². The second kappa shape index (κ2) is 5.69. The highest BCUT2D eigenvalue weighted by atomic mass is 127. The molecule has 0 saturated heterocycles. The predicted octanol–water partition coefficient (Wildman–Crippen LogP) is 4.28. The normalized spacial score (nSPS) is 10.5. The maximum absolute atomic E-state index is 11.5. The topological polar surface area (TPSA) is 62.2 Å². The van der Waals surface area contributed by atoms with E-state index in [9.17, 15) is 9.90 Å². The lowest BCUT2D eigenvalue weighted by Crippen LogP contribution is -2.05. The Morgan fingerprint density at radius 2 is 1.81 bits per heavy atom. The first kappa shape index (κ1) is 13.8. The van der Waals surface area contributed by atoms with Crippen molar-refractivity contribution in [2.24, 2.45) is 0 Å². The van der Waals surface area contributed by atoms with Gasteiger partial charge in [-0.05, 0) is 40.8 Å². The highest BCUT2D eigenvalue weighted by Crippen LogP contribution is 2.30. The molecule has 1 aromatic heterocycles. The van der Waals surface area contributed by atoms with Crippen LogP contribution in [0.4, 0.5) is 11.4 Å². The Hall–Kier alpha value is -2.15. The van der Waals surface area contributed by atoms with Crippen molar-refractivity contribution in [3.8, 4) is 0 Å². The Morgan fingerprint density at radius 3 is 2.57 bits per heavy atom. The van der Waals surface area contributed by atoms with Gasteiger partial charge in [0.25, 0.3) is 0 Å². The van der Waals surface area contributed by atoms with Crippen LogP contribution in [0.25, 0.3) is 10.9 Å². The number of nitrogens with one attached hydrogen (secondary N) is 1. The number of carbonyl (C=O) groups is 1. The average molecular weight is 390 g/mol. The largest absolute Gasteiger partial charge is 0.478 e. The number of carboxylic acid groups (broad SMARTS) is 1. The minimum absolute atomic E-state index is 0.161. The van der Waals surface area contributed by atoms with E-state index in [1.54, 1.807) is 0 Å². The van der Waals surface area contributed by atoms with Crippen LogP contribution in [-0.4, -0.2) is 16.1 Å². The molecule has 0 aliphatic rings. The summed E-state index contributed by atoms with van der Waals surface area (Å²) in [4.78, 5) is 15.7. The molecule has 0 aliphatic heterocycles. The molecule has 3 rings (SSSR count). The lowest BCUT2D eigenvalue weighted by atomic mass is 10.1. The van der Waals surface area contributed by atoms with E-state index in [4.69, 9.17) is 0 Å².